The summed E-state index contributed by atoms with van der Waals surface area (Å²) in [4.78, 5) is 17.1. The molecule has 1 rings (SSSR count). The molecule has 0 bridgehead atoms. The molecule has 0 unspecified atom stereocenters. The fraction of sp³-hybridized carbons (Fsp3) is 0.400. The van der Waals surface area contributed by atoms with Crippen molar-refractivity contribution in [3.8, 4) is 11.5 Å². The first kappa shape index (κ1) is 13.0. The van der Waals surface area contributed by atoms with Gasteiger partial charge in [-0.3, -0.25) is 9.79 Å². The van der Waals surface area contributed by atoms with Crippen molar-refractivity contribution in [2.75, 3.05) is 6.61 Å². The molecule has 6 heteroatoms. The molecule has 5 nitrogen and oxygen atoms in total. The summed E-state index contributed by atoms with van der Waals surface area (Å²) >= 11 is 0. The van der Waals surface area contributed by atoms with Crippen molar-refractivity contribution in [1.82, 2.24) is 0 Å². The smallest absolute Gasteiger partial charge is 0.494 e. The summed E-state index contributed by atoms with van der Waals surface area (Å²) in [6.45, 7) is 2.70. The Hall–Kier alpha value is -1.03. The van der Waals surface area contributed by atoms with Crippen molar-refractivity contribution < 1.29 is 23.6 Å². The van der Waals surface area contributed by atoms with Gasteiger partial charge < -0.3 is 9.26 Å². The van der Waals surface area contributed by atoms with Crippen LogP contribution in [-0.2, 0) is 4.57 Å². The van der Waals surface area contributed by atoms with E-state index in [-0.39, 0.29) is 5.75 Å². The molecular weight excluding hydrogens is 231 g/mol. The summed E-state index contributed by atoms with van der Waals surface area (Å²) in [5.41, 5.74) is 0. The summed E-state index contributed by atoms with van der Waals surface area (Å²) in [6.07, 6.45) is 2.03. The van der Waals surface area contributed by atoms with Crippen molar-refractivity contribution in [3.63, 3.8) is 0 Å². The Labute approximate surface area is 94.3 Å². The van der Waals surface area contributed by atoms with Gasteiger partial charge in [0, 0.05) is 0 Å². The summed E-state index contributed by atoms with van der Waals surface area (Å²) in [7, 11) is -4.47. The Morgan fingerprint density at radius 1 is 1.19 bits per heavy atom. The standard InChI is InChI=1S/C10H15O5P/c1-2-3-8-14-9-4-6-10(7-5-9)15-16(11,12)13/h4-7H,2-3,8H2,1H3,(H2,11,12,13). The van der Waals surface area contributed by atoms with Crippen LogP contribution < -0.4 is 9.26 Å². The van der Waals surface area contributed by atoms with E-state index in [1.54, 1.807) is 12.1 Å². The number of rotatable bonds is 6. The molecule has 0 aliphatic carbocycles. The van der Waals surface area contributed by atoms with Crippen molar-refractivity contribution in [3.05, 3.63) is 24.3 Å². The predicted molar refractivity (Wildman–Crippen MR) is 59.5 cm³/mol. The molecule has 0 heterocycles. The Kier molecular flexibility index (Phi) is 4.80. The van der Waals surface area contributed by atoms with E-state index >= 15 is 0 Å². The molecule has 2 N–H and O–H groups in total. The highest BCUT2D eigenvalue weighted by Gasteiger charge is 2.15. The zero-order chi connectivity index (χ0) is 12.0. The maximum Gasteiger partial charge on any atom is 0.524 e. The van der Waals surface area contributed by atoms with Crippen molar-refractivity contribution in [2.45, 2.75) is 19.8 Å². The van der Waals surface area contributed by atoms with E-state index in [0.717, 1.165) is 12.8 Å². The van der Waals surface area contributed by atoms with Crippen LogP contribution in [-0.4, -0.2) is 16.4 Å². The van der Waals surface area contributed by atoms with Crippen LogP contribution in [0.1, 0.15) is 19.8 Å². The number of hydrogen-bond acceptors (Lipinski definition) is 3. The van der Waals surface area contributed by atoms with Gasteiger partial charge in [-0.25, -0.2) is 4.57 Å². The Bertz CT molecular complexity index is 356. The maximum atomic E-state index is 10.5. The second-order valence-corrected chi connectivity index (χ2v) is 4.42. The lowest BCUT2D eigenvalue weighted by Gasteiger charge is -2.08. The molecule has 0 amide bonds. The normalized spacial score (nSPS) is 11.2. The zero-order valence-electron chi connectivity index (χ0n) is 9.00. The molecule has 0 atom stereocenters. The van der Waals surface area contributed by atoms with Gasteiger partial charge in [0.2, 0.25) is 0 Å². The third-order valence-corrected chi connectivity index (χ3v) is 2.26. The number of ether oxygens (including phenoxy) is 1. The highest BCUT2D eigenvalue weighted by Crippen LogP contribution is 2.37. The second kappa shape index (κ2) is 5.89. The van der Waals surface area contributed by atoms with Crippen molar-refractivity contribution >= 4 is 7.82 Å². The van der Waals surface area contributed by atoms with E-state index < -0.39 is 7.82 Å². The van der Waals surface area contributed by atoms with Gasteiger partial charge >= 0.3 is 7.82 Å². The average molecular weight is 246 g/mol. The molecule has 16 heavy (non-hydrogen) atoms. The van der Waals surface area contributed by atoms with Crippen molar-refractivity contribution in [2.24, 2.45) is 0 Å². The van der Waals surface area contributed by atoms with Gasteiger partial charge in [-0.1, -0.05) is 13.3 Å². The van der Waals surface area contributed by atoms with Crippen molar-refractivity contribution in [1.29, 1.82) is 0 Å². The first-order valence-corrected chi connectivity index (χ1v) is 6.52. The van der Waals surface area contributed by atoms with Gasteiger partial charge in [0.25, 0.3) is 0 Å². The fourth-order valence-electron chi connectivity index (χ4n) is 1.07. The van der Waals surface area contributed by atoms with Gasteiger partial charge in [-0.2, -0.15) is 0 Å². The average Bonchev–Trinajstić information content (AvgIpc) is 2.19. The molecule has 0 saturated heterocycles. The summed E-state index contributed by atoms with van der Waals surface area (Å²) in [5, 5.41) is 0. The van der Waals surface area contributed by atoms with Crippen LogP contribution in [0.5, 0.6) is 11.5 Å². The topological polar surface area (TPSA) is 76.0 Å². The molecule has 0 fully saturated rings. The molecule has 0 aliphatic rings. The number of phosphoric acid groups is 1. The van der Waals surface area contributed by atoms with Crippen LogP contribution in [0.2, 0.25) is 0 Å². The Morgan fingerprint density at radius 3 is 2.25 bits per heavy atom. The van der Waals surface area contributed by atoms with Gasteiger partial charge in [0.15, 0.2) is 0 Å². The number of hydrogen-bond donors (Lipinski definition) is 2. The summed E-state index contributed by atoms with van der Waals surface area (Å²) in [6, 6.07) is 6.14. The quantitative estimate of drug-likeness (QED) is 0.595. The summed E-state index contributed by atoms with van der Waals surface area (Å²) < 4.78 is 20.3. The van der Waals surface area contributed by atoms with Gasteiger partial charge in [-0.15, -0.1) is 0 Å². The third-order valence-electron chi connectivity index (χ3n) is 1.81. The Balaban J connectivity index is 2.51. The molecule has 1 aromatic rings. The first-order valence-electron chi connectivity index (χ1n) is 4.99. The van der Waals surface area contributed by atoms with E-state index in [1.807, 2.05) is 0 Å². The monoisotopic (exact) mass is 246 g/mol. The van der Waals surface area contributed by atoms with Gasteiger partial charge in [0.1, 0.15) is 11.5 Å². The Morgan fingerprint density at radius 2 is 1.75 bits per heavy atom. The van der Waals surface area contributed by atoms with Crippen LogP contribution >= 0.6 is 7.82 Å². The molecule has 90 valence electrons. The fourth-order valence-corrected chi connectivity index (χ4v) is 1.46. The molecule has 0 aliphatic heterocycles. The van der Waals surface area contributed by atoms with E-state index in [1.165, 1.54) is 12.1 Å². The lowest BCUT2D eigenvalue weighted by atomic mass is 10.3. The predicted octanol–water partition coefficient (Wildman–Crippen LogP) is 2.34. The second-order valence-electron chi connectivity index (χ2n) is 3.26. The van der Waals surface area contributed by atoms with E-state index in [9.17, 15) is 4.57 Å². The minimum absolute atomic E-state index is 0.121. The number of phosphoric ester groups is 1. The molecule has 0 radical (unpaired) electrons. The molecule has 0 saturated carbocycles. The molecular formula is C10H15O5P. The van der Waals surface area contributed by atoms with Crippen LogP contribution in [0.15, 0.2) is 24.3 Å². The third kappa shape index (κ3) is 5.16. The summed E-state index contributed by atoms with van der Waals surface area (Å²) in [5.74, 6) is 0.780. The van der Waals surface area contributed by atoms with Gasteiger partial charge in [0.05, 0.1) is 6.61 Å². The van der Waals surface area contributed by atoms with E-state index in [0.29, 0.717) is 12.4 Å². The molecule has 1 aromatic carbocycles. The SMILES string of the molecule is CCCCOc1ccc(OP(=O)(O)O)cc1. The largest absolute Gasteiger partial charge is 0.524 e. The molecule has 0 aromatic heterocycles. The van der Waals surface area contributed by atoms with Crippen LogP contribution in [0.25, 0.3) is 0 Å². The lowest BCUT2D eigenvalue weighted by Crippen LogP contribution is -1.96. The first-order chi connectivity index (χ1) is 7.51. The number of benzene rings is 1. The van der Waals surface area contributed by atoms with Crippen LogP contribution in [0.3, 0.4) is 0 Å². The van der Waals surface area contributed by atoms with E-state index in [4.69, 9.17) is 14.5 Å². The minimum atomic E-state index is -4.47. The minimum Gasteiger partial charge on any atom is -0.494 e. The number of unbranched alkanes of at least 4 members (excludes halogenated alkanes) is 1. The lowest BCUT2D eigenvalue weighted by molar-refractivity contribution is 0.282. The van der Waals surface area contributed by atoms with Crippen LogP contribution in [0.4, 0.5) is 0 Å². The highest BCUT2D eigenvalue weighted by atomic mass is 31.2. The van der Waals surface area contributed by atoms with Gasteiger partial charge in [-0.05, 0) is 30.7 Å². The maximum absolute atomic E-state index is 10.5. The zero-order valence-corrected chi connectivity index (χ0v) is 9.89. The highest BCUT2D eigenvalue weighted by molar-refractivity contribution is 7.46. The molecule has 0 spiro atoms. The van der Waals surface area contributed by atoms with Crippen LogP contribution in [0, 0.1) is 0 Å². The van der Waals surface area contributed by atoms with E-state index in [2.05, 4.69) is 11.4 Å².